The van der Waals surface area contributed by atoms with Gasteiger partial charge in [0.05, 0.1) is 13.7 Å². The Balaban J connectivity index is 1.88. The molecule has 0 radical (unpaired) electrons. The Morgan fingerprint density at radius 3 is 2.54 bits per heavy atom. The summed E-state index contributed by atoms with van der Waals surface area (Å²) in [5.41, 5.74) is 2.51. The molecule has 0 aromatic heterocycles. The molecule has 0 amide bonds. The molecule has 24 heavy (non-hydrogen) atoms. The van der Waals surface area contributed by atoms with Crippen molar-refractivity contribution in [2.75, 3.05) is 20.3 Å². The van der Waals surface area contributed by atoms with Gasteiger partial charge in [0.25, 0.3) is 0 Å². The molecule has 2 aromatic rings. The molecule has 0 saturated heterocycles. The van der Waals surface area contributed by atoms with Crippen LogP contribution in [0.15, 0.2) is 48.5 Å². The molecule has 2 rings (SSSR count). The van der Waals surface area contributed by atoms with Gasteiger partial charge in [-0.1, -0.05) is 62.2 Å². The summed E-state index contributed by atoms with van der Waals surface area (Å²) in [5.74, 6) is 1.69. The van der Waals surface area contributed by atoms with Crippen LogP contribution in [0.25, 0.3) is 0 Å². The Morgan fingerprint density at radius 2 is 1.79 bits per heavy atom. The van der Waals surface area contributed by atoms with Crippen molar-refractivity contribution in [2.45, 2.75) is 39.2 Å². The highest BCUT2D eigenvalue weighted by molar-refractivity contribution is 5.46. The van der Waals surface area contributed by atoms with Crippen molar-refractivity contribution < 1.29 is 9.47 Å². The van der Waals surface area contributed by atoms with E-state index in [0.29, 0.717) is 0 Å². The van der Waals surface area contributed by atoms with Gasteiger partial charge >= 0.3 is 0 Å². The Bertz CT molecular complexity index is 584. The molecule has 0 aliphatic heterocycles. The van der Waals surface area contributed by atoms with Crippen LogP contribution in [0.2, 0.25) is 0 Å². The van der Waals surface area contributed by atoms with Crippen LogP contribution in [0, 0.1) is 0 Å². The second kappa shape index (κ2) is 10.7. The molecule has 130 valence electrons. The van der Waals surface area contributed by atoms with E-state index in [1.165, 1.54) is 18.4 Å². The number of hydrogen-bond donors (Lipinski definition) is 1. The number of benzene rings is 2. The Morgan fingerprint density at radius 1 is 0.958 bits per heavy atom. The van der Waals surface area contributed by atoms with Crippen LogP contribution >= 0.6 is 0 Å². The van der Waals surface area contributed by atoms with Crippen LogP contribution in [0.3, 0.4) is 0 Å². The summed E-state index contributed by atoms with van der Waals surface area (Å²) in [6.45, 7) is 4.67. The van der Waals surface area contributed by atoms with Crippen molar-refractivity contribution >= 4 is 0 Å². The average Bonchev–Trinajstić information content (AvgIpc) is 2.63. The molecule has 2 aromatic carbocycles. The molecule has 0 bridgehead atoms. The van der Waals surface area contributed by atoms with E-state index in [2.05, 4.69) is 48.6 Å². The third-order valence-electron chi connectivity index (χ3n) is 4.02. The standard InChI is InChI=1S/C21H29NO2/c1-3-4-8-16-24-21-19(12-9-13-20(21)23-2)17-22-15-14-18-10-6-5-7-11-18/h5-7,9-13,22H,3-4,8,14-17H2,1-2H3. The van der Waals surface area contributed by atoms with E-state index in [0.717, 1.165) is 49.6 Å². The lowest BCUT2D eigenvalue weighted by Gasteiger charge is -2.15. The Kier molecular flexibility index (Phi) is 8.19. The van der Waals surface area contributed by atoms with Gasteiger partial charge in [0, 0.05) is 12.1 Å². The zero-order valence-electron chi connectivity index (χ0n) is 14.9. The van der Waals surface area contributed by atoms with E-state index in [1.807, 2.05) is 12.1 Å². The molecule has 0 aliphatic carbocycles. The van der Waals surface area contributed by atoms with Crippen molar-refractivity contribution in [2.24, 2.45) is 0 Å². The van der Waals surface area contributed by atoms with Gasteiger partial charge in [0.2, 0.25) is 0 Å². The molecule has 1 N–H and O–H groups in total. The molecule has 0 unspecified atom stereocenters. The molecule has 3 heteroatoms. The van der Waals surface area contributed by atoms with Crippen molar-refractivity contribution in [3.8, 4) is 11.5 Å². The number of nitrogens with one attached hydrogen (secondary N) is 1. The lowest BCUT2D eigenvalue weighted by Crippen LogP contribution is -2.17. The molecule has 0 aliphatic rings. The first-order valence-electron chi connectivity index (χ1n) is 8.88. The number of unbranched alkanes of at least 4 members (excludes halogenated alkanes) is 2. The van der Waals surface area contributed by atoms with E-state index in [9.17, 15) is 0 Å². The van der Waals surface area contributed by atoms with Gasteiger partial charge < -0.3 is 14.8 Å². The lowest BCUT2D eigenvalue weighted by molar-refractivity contribution is 0.282. The van der Waals surface area contributed by atoms with Gasteiger partial charge in [-0.15, -0.1) is 0 Å². The molecule has 0 atom stereocenters. The maximum Gasteiger partial charge on any atom is 0.165 e. The quantitative estimate of drug-likeness (QED) is 0.612. The van der Waals surface area contributed by atoms with Crippen molar-refractivity contribution in [3.05, 3.63) is 59.7 Å². The minimum atomic E-state index is 0.741. The second-order valence-corrected chi connectivity index (χ2v) is 5.92. The van der Waals surface area contributed by atoms with E-state index >= 15 is 0 Å². The summed E-state index contributed by atoms with van der Waals surface area (Å²) in [6.07, 6.45) is 4.50. The third kappa shape index (κ3) is 5.89. The number of rotatable bonds is 11. The SMILES string of the molecule is CCCCCOc1c(CNCCc2ccccc2)cccc1OC. The minimum absolute atomic E-state index is 0.741. The van der Waals surface area contributed by atoms with Gasteiger partial charge in [-0.25, -0.2) is 0 Å². The lowest BCUT2D eigenvalue weighted by atomic mass is 10.1. The van der Waals surface area contributed by atoms with Gasteiger partial charge in [-0.2, -0.15) is 0 Å². The highest BCUT2D eigenvalue weighted by atomic mass is 16.5. The summed E-state index contributed by atoms with van der Waals surface area (Å²) < 4.78 is 11.5. The van der Waals surface area contributed by atoms with Crippen LogP contribution in [-0.2, 0) is 13.0 Å². The predicted molar refractivity (Wildman–Crippen MR) is 99.9 cm³/mol. The maximum absolute atomic E-state index is 6.01. The monoisotopic (exact) mass is 327 g/mol. The molecular weight excluding hydrogens is 298 g/mol. The van der Waals surface area contributed by atoms with Crippen molar-refractivity contribution in [1.82, 2.24) is 5.32 Å². The zero-order valence-corrected chi connectivity index (χ0v) is 14.9. The van der Waals surface area contributed by atoms with E-state index < -0.39 is 0 Å². The fourth-order valence-corrected chi connectivity index (χ4v) is 2.65. The molecule has 0 fully saturated rings. The molecule has 0 saturated carbocycles. The Hall–Kier alpha value is -2.00. The highest BCUT2D eigenvalue weighted by Gasteiger charge is 2.10. The fourth-order valence-electron chi connectivity index (χ4n) is 2.65. The van der Waals surface area contributed by atoms with Gasteiger partial charge in [-0.3, -0.25) is 0 Å². The van der Waals surface area contributed by atoms with Crippen LogP contribution in [0.4, 0.5) is 0 Å². The highest BCUT2D eigenvalue weighted by Crippen LogP contribution is 2.31. The van der Waals surface area contributed by atoms with Crippen molar-refractivity contribution in [1.29, 1.82) is 0 Å². The Labute approximate surface area is 146 Å². The molecular formula is C21H29NO2. The second-order valence-electron chi connectivity index (χ2n) is 5.92. The topological polar surface area (TPSA) is 30.5 Å². The van der Waals surface area contributed by atoms with E-state index in [-0.39, 0.29) is 0 Å². The fraction of sp³-hybridized carbons (Fsp3) is 0.429. The average molecular weight is 327 g/mol. The van der Waals surface area contributed by atoms with E-state index in [4.69, 9.17) is 9.47 Å². The molecule has 3 nitrogen and oxygen atoms in total. The number of hydrogen-bond acceptors (Lipinski definition) is 3. The maximum atomic E-state index is 6.01. The van der Waals surface area contributed by atoms with Crippen molar-refractivity contribution in [3.63, 3.8) is 0 Å². The smallest absolute Gasteiger partial charge is 0.165 e. The minimum Gasteiger partial charge on any atom is -0.493 e. The summed E-state index contributed by atoms with van der Waals surface area (Å²) in [7, 11) is 1.70. The first-order chi connectivity index (χ1) is 11.8. The summed E-state index contributed by atoms with van der Waals surface area (Å²) >= 11 is 0. The summed E-state index contributed by atoms with van der Waals surface area (Å²) in [6, 6.07) is 16.6. The van der Waals surface area contributed by atoms with Crippen LogP contribution in [-0.4, -0.2) is 20.3 Å². The normalized spacial score (nSPS) is 10.6. The predicted octanol–water partition coefficient (Wildman–Crippen LogP) is 4.60. The van der Waals surface area contributed by atoms with Gasteiger partial charge in [-0.05, 0) is 31.0 Å². The van der Waals surface area contributed by atoms with Crippen LogP contribution in [0.1, 0.15) is 37.3 Å². The van der Waals surface area contributed by atoms with Crippen LogP contribution in [0.5, 0.6) is 11.5 Å². The third-order valence-corrected chi connectivity index (χ3v) is 4.02. The number of ether oxygens (including phenoxy) is 2. The van der Waals surface area contributed by atoms with Crippen LogP contribution < -0.4 is 14.8 Å². The first-order valence-corrected chi connectivity index (χ1v) is 8.88. The summed E-state index contributed by atoms with van der Waals surface area (Å²) in [5, 5.41) is 3.51. The summed E-state index contributed by atoms with van der Waals surface area (Å²) in [4.78, 5) is 0. The van der Waals surface area contributed by atoms with Gasteiger partial charge in [0.1, 0.15) is 0 Å². The number of methoxy groups -OCH3 is 1. The largest absolute Gasteiger partial charge is 0.493 e. The van der Waals surface area contributed by atoms with Gasteiger partial charge in [0.15, 0.2) is 11.5 Å². The first kappa shape index (κ1) is 18.3. The molecule has 0 spiro atoms. The molecule has 0 heterocycles. The number of para-hydroxylation sites is 1. The van der Waals surface area contributed by atoms with E-state index in [1.54, 1.807) is 7.11 Å². The zero-order chi connectivity index (χ0) is 17.0.